The third-order valence-electron chi connectivity index (χ3n) is 4.26. The van der Waals surface area contributed by atoms with Crippen LogP contribution in [0.15, 0.2) is 36.4 Å². The molecule has 0 unspecified atom stereocenters. The molecule has 1 fully saturated rings. The Labute approximate surface area is 149 Å². The van der Waals surface area contributed by atoms with Gasteiger partial charge in [-0.15, -0.1) is 11.3 Å². The highest BCUT2D eigenvalue weighted by Crippen LogP contribution is 2.30. The highest BCUT2D eigenvalue weighted by Gasteiger charge is 2.49. The van der Waals surface area contributed by atoms with Gasteiger partial charge in [0.15, 0.2) is 5.78 Å². The Morgan fingerprint density at radius 3 is 2.44 bits per heavy atom. The number of hydrogen-bond acceptors (Lipinski definition) is 5. The number of imide groups is 1. The molecule has 1 aliphatic heterocycles. The molecule has 2 aromatic rings. The lowest BCUT2D eigenvalue weighted by atomic mass is 9.92. The molecule has 130 valence electrons. The van der Waals surface area contributed by atoms with E-state index in [9.17, 15) is 14.4 Å². The van der Waals surface area contributed by atoms with Crippen LogP contribution in [0.4, 0.5) is 4.79 Å². The summed E-state index contributed by atoms with van der Waals surface area (Å²) in [6.45, 7) is 3.26. The molecule has 1 aromatic heterocycles. The molecule has 1 saturated heterocycles. The van der Waals surface area contributed by atoms with Gasteiger partial charge in [0.1, 0.15) is 11.3 Å². The maximum absolute atomic E-state index is 12.8. The van der Waals surface area contributed by atoms with Crippen molar-refractivity contribution >= 4 is 29.1 Å². The molecule has 3 rings (SSSR count). The summed E-state index contributed by atoms with van der Waals surface area (Å²) >= 11 is 1.35. The first kappa shape index (κ1) is 17.2. The highest BCUT2D eigenvalue weighted by molar-refractivity contribution is 7.14. The molecule has 0 aliphatic carbocycles. The van der Waals surface area contributed by atoms with E-state index < -0.39 is 17.5 Å². The number of nitrogens with zero attached hydrogens (tertiary/aromatic N) is 1. The molecule has 1 aromatic carbocycles. The normalized spacial score (nSPS) is 19.9. The predicted molar refractivity (Wildman–Crippen MR) is 94.0 cm³/mol. The zero-order valence-corrected chi connectivity index (χ0v) is 15.0. The van der Waals surface area contributed by atoms with Crippen molar-refractivity contribution in [1.29, 1.82) is 0 Å². The van der Waals surface area contributed by atoms with Crippen LogP contribution < -0.4 is 10.1 Å². The van der Waals surface area contributed by atoms with Gasteiger partial charge in [0, 0.05) is 4.88 Å². The van der Waals surface area contributed by atoms with Gasteiger partial charge in [-0.05, 0) is 43.7 Å². The van der Waals surface area contributed by atoms with Crippen LogP contribution in [0.25, 0.3) is 0 Å². The molecule has 0 spiro atoms. The SMILES string of the molecule is COc1ccc([C@@]2(C)NC(=O)N(CC(=O)c3ccc(C)s3)C2=O)cc1. The topological polar surface area (TPSA) is 75.7 Å². The van der Waals surface area contributed by atoms with E-state index >= 15 is 0 Å². The fourth-order valence-electron chi connectivity index (χ4n) is 2.77. The number of hydrogen-bond donors (Lipinski definition) is 1. The van der Waals surface area contributed by atoms with Crippen LogP contribution in [0.3, 0.4) is 0 Å². The Morgan fingerprint density at radius 1 is 1.20 bits per heavy atom. The van der Waals surface area contributed by atoms with Crippen molar-refractivity contribution in [3.8, 4) is 5.75 Å². The zero-order chi connectivity index (χ0) is 18.2. The standard InChI is InChI=1S/C18H18N2O4S/c1-11-4-9-15(25-11)14(21)10-20-16(22)18(2,19-17(20)23)12-5-7-13(24-3)8-6-12/h4-9H,10H2,1-3H3,(H,19,23)/t18-/m1/s1. The largest absolute Gasteiger partial charge is 0.497 e. The van der Waals surface area contributed by atoms with Crippen molar-refractivity contribution in [1.82, 2.24) is 10.2 Å². The average Bonchev–Trinajstić information content (AvgIpc) is 3.13. The molecule has 2 heterocycles. The van der Waals surface area contributed by atoms with E-state index in [2.05, 4.69) is 5.32 Å². The van der Waals surface area contributed by atoms with E-state index in [0.29, 0.717) is 16.2 Å². The maximum atomic E-state index is 12.8. The van der Waals surface area contributed by atoms with E-state index in [1.165, 1.54) is 11.3 Å². The van der Waals surface area contributed by atoms with E-state index in [-0.39, 0.29) is 12.3 Å². The molecule has 0 radical (unpaired) electrons. The van der Waals surface area contributed by atoms with Gasteiger partial charge >= 0.3 is 6.03 Å². The van der Waals surface area contributed by atoms with Crippen LogP contribution in [0.1, 0.15) is 27.0 Å². The summed E-state index contributed by atoms with van der Waals surface area (Å²) in [6, 6.07) is 9.89. The lowest BCUT2D eigenvalue weighted by molar-refractivity contribution is -0.130. The van der Waals surface area contributed by atoms with E-state index in [0.717, 1.165) is 9.78 Å². The van der Waals surface area contributed by atoms with Gasteiger partial charge in [-0.3, -0.25) is 14.5 Å². The Morgan fingerprint density at radius 2 is 1.88 bits per heavy atom. The quantitative estimate of drug-likeness (QED) is 0.659. The number of carbonyl (C=O) groups excluding carboxylic acids is 3. The molecule has 1 atom stereocenters. The van der Waals surface area contributed by atoms with E-state index in [1.807, 2.05) is 13.0 Å². The molecule has 1 aliphatic rings. The van der Waals surface area contributed by atoms with Crippen LogP contribution in [-0.2, 0) is 10.3 Å². The Hall–Kier alpha value is -2.67. The minimum Gasteiger partial charge on any atom is -0.497 e. The van der Waals surface area contributed by atoms with Gasteiger partial charge < -0.3 is 10.1 Å². The first-order valence-electron chi connectivity index (χ1n) is 7.73. The second-order valence-electron chi connectivity index (χ2n) is 6.01. The third kappa shape index (κ3) is 3.02. The van der Waals surface area contributed by atoms with Gasteiger partial charge in [-0.1, -0.05) is 12.1 Å². The van der Waals surface area contributed by atoms with Gasteiger partial charge in [0.05, 0.1) is 18.5 Å². The summed E-state index contributed by atoms with van der Waals surface area (Å²) in [5.41, 5.74) is -0.566. The minimum absolute atomic E-state index is 0.249. The number of nitrogens with one attached hydrogen (secondary N) is 1. The van der Waals surface area contributed by atoms with Crippen molar-refractivity contribution in [2.45, 2.75) is 19.4 Å². The summed E-state index contributed by atoms with van der Waals surface area (Å²) in [6.07, 6.45) is 0. The summed E-state index contributed by atoms with van der Waals surface area (Å²) < 4.78 is 5.11. The van der Waals surface area contributed by atoms with Crippen molar-refractivity contribution in [3.05, 3.63) is 51.7 Å². The smallest absolute Gasteiger partial charge is 0.325 e. The molecular weight excluding hydrogens is 340 g/mol. The van der Waals surface area contributed by atoms with Gasteiger partial charge in [0.25, 0.3) is 5.91 Å². The number of aryl methyl sites for hydroxylation is 1. The lowest BCUT2D eigenvalue weighted by Crippen LogP contribution is -2.41. The minimum atomic E-state index is -1.20. The third-order valence-corrected chi connectivity index (χ3v) is 5.30. The number of Topliss-reactive ketones (excluding diaryl/α,β-unsaturated/α-hetero) is 1. The second-order valence-corrected chi connectivity index (χ2v) is 7.30. The van der Waals surface area contributed by atoms with E-state index in [4.69, 9.17) is 4.74 Å². The Kier molecular flexibility index (Phi) is 4.34. The number of benzene rings is 1. The first-order valence-corrected chi connectivity index (χ1v) is 8.55. The van der Waals surface area contributed by atoms with Crippen LogP contribution in [-0.4, -0.2) is 36.3 Å². The molecule has 6 nitrogen and oxygen atoms in total. The summed E-state index contributed by atoms with van der Waals surface area (Å²) in [5.74, 6) is -0.0332. The molecule has 3 amide bonds. The Balaban J connectivity index is 1.82. The lowest BCUT2D eigenvalue weighted by Gasteiger charge is -2.22. The second kappa shape index (κ2) is 6.33. The number of rotatable bonds is 5. The van der Waals surface area contributed by atoms with Crippen molar-refractivity contribution < 1.29 is 19.1 Å². The number of ether oxygens (including phenoxy) is 1. The predicted octanol–water partition coefficient (Wildman–Crippen LogP) is 2.72. The fourth-order valence-corrected chi connectivity index (χ4v) is 3.56. The highest BCUT2D eigenvalue weighted by atomic mass is 32.1. The van der Waals surface area contributed by atoms with Crippen molar-refractivity contribution in [2.24, 2.45) is 0 Å². The summed E-state index contributed by atoms with van der Waals surface area (Å²) in [5, 5.41) is 2.69. The number of amides is 3. The van der Waals surface area contributed by atoms with Gasteiger partial charge in [0.2, 0.25) is 0 Å². The summed E-state index contributed by atoms with van der Waals surface area (Å²) in [4.78, 5) is 40.0. The molecule has 0 saturated carbocycles. The fraction of sp³-hybridized carbons (Fsp3) is 0.278. The number of carbonyl (C=O) groups is 3. The summed E-state index contributed by atoms with van der Waals surface area (Å²) in [7, 11) is 1.55. The first-order chi connectivity index (χ1) is 11.8. The van der Waals surface area contributed by atoms with E-state index in [1.54, 1.807) is 44.4 Å². The van der Waals surface area contributed by atoms with Crippen LogP contribution in [0, 0.1) is 6.92 Å². The average molecular weight is 358 g/mol. The number of methoxy groups -OCH3 is 1. The van der Waals surface area contributed by atoms with Gasteiger partial charge in [-0.2, -0.15) is 0 Å². The number of ketones is 1. The van der Waals surface area contributed by atoms with Crippen molar-refractivity contribution in [3.63, 3.8) is 0 Å². The number of urea groups is 1. The molecule has 1 N–H and O–H groups in total. The van der Waals surface area contributed by atoms with Crippen LogP contribution in [0.2, 0.25) is 0 Å². The van der Waals surface area contributed by atoms with Gasteiger partial charge in [-0.25, -0.2) is 4.79 Å². The molecule has 25 heavy (non-hydrogen) atoms. The molecule has 7 heteroatoms. The maximum Gasteiger partial charge on any atom is 0.325 e. The molecular formula is C18H18N2O4S. The van der Waals surface area contributed by atoms with Crippen LogP contribution >= 0.6 is 11.3 Å². The molecule has 0 bridgehead atoms. The van der Waals surface area contributed by atoms with Crippen molar-refractivity contribution in [2.75, 3.05) is 13.7 Å². The Bertz CT molecular complexity index is 843. The zero-order valence-electron chi connectivity index (χ0n) is 14.2. The monoisotopic (exact) mass is 358 g/mol. The number of thiophene rings is 1. The van der Waals surface area contributed by atoms with Crippen LogP contribution in [0.5, 0.6) is 5.75 Å².